The fourth-order valence-electron chi connectivity index (χ4n) is 2.15. The molecule has 0 aliphatic rings. The van der Waals surface area contributed by atoms with Crippen molar-refractivity contribution in [3.8, 4) is 6.07 Å². The van der Waals surface area contributed by atoms with E-state index in [-0.39, 0.29) is 11.9 Å². The molecule has 4 heteroatoms. The van der Waals surface area contributed by atoms with Crippen LogP contribution in [0.25, 0.3) is 0 Å². The number of hydrogen-bond acceptors (Lipinski definition) is 3. The molecule has 0 aromatic heterocycles. The molecule has 0 rings (SSSR count). The number of rotatable bonds is 9. The number of amides is 1. The standard InChI is InChI=1S/C14H26N2OS/c1-5-8-14(11-15,9-6-2)13(17)16-12(7-3)10-18-4/h12H,5-10H2,1-4H3,(H,16,17). The van der Waals surface area contributed by atoms with Gasteiger partial charge in [0.25, 0.3) is 0 Å². The van der Waals surface area contributed by atoms with E-state index in [1.165, 1.54) is 0 Å². The van der Waals surface area contributed by atoms with E-state index in [4.69, 9.17) is 0 Å². The van der Waals surface area contributed by atoms with Crippen molar-refractivity contribution in [2.45, 2.75) is 58.9 Å². The smallest absolute Gasteiger partial charge is 0.240 e. The second-order valence-corrected chi connectivity index (χ2v) is 5.64. The summed E-state index contributed by atoms with van der Waals surface area (Å²) < 4.78 is 0. The number of carbonyl (C=O) groups is 1. The van der Waals surface area contributed by atoms with Gasteiger partial charge in [-0.2, -0.15) is 17.0 Å². The molecule has 3 nitrogen and oxygen atoms in total. The Bertz CT molecular complexity index is 280. The van der Waals surface area contributed by atoms with Gasteiger partial charge in [-0.1, -0.05) is 33.6 Å². The van der Waals surface area contributed by atoms with Gasteiger partial charge in [0.05, 0.1) is 6.07 Å². The molecule has 0 fully saturated rings. The van der Waals surface area contributed by atoms with Crippen LogP contribution in [0.4, 0.5) is 0 Å². The number of thioether (sulfide) groups is 1. The number of nitrogens with one attached hydrogen (secondary N) is 1. The van der Waals surface area contributed by atoms with Crippen LogP contribution in [0.3, 0.4) is 0 Å². The van der Waals surface area contributed by atoms with Gasteiger partial charge in [0.2, 0.25) is 5.91 Å². The summed E-state index contributed by atoms with van der Waals surface area (Å²) in [6.45, 7) is 6.11. The fraction of sp³-hybridized carbons (Fsp3) is 0.857. The van der Waals surface area contributed by atoms with E-state index >= 15 is 0 Å². The molecule has 0 heterocycles. The summed E-state index contributed by atoms with van der Waals surface area (Å²) in [4.78, 5) is 12.4. The van der Waals surface area contributed by atoms with Crippen LogP contribution < -0.4 is 5.32 Å². The van der Waals surface area contributed by atoms with Crippen LogP contribution in [-0.2, 0) is 4.79 Å². The lowest BCUT2D eigenvalue weighted by Gasteiger charge is -2.27. The lowest BCUT2D eigenvalue weighted by molar-refractivity contribution is -0.129. The second-order valence-electron chi connectivity index (χ2n) is 4.73. The Labute approximate surface area is 116 Å². The van der Waals surface area contributed by atoms with Gasteiger partial charge in [-0.3, -0.25) is 4.79 Å². The van der Waals surface area contributed by atoms with Gasteiger partial charge < -0.3 is 5.32 Å². The summed E-state index contributed by atoms with van der Waals surface area (Å²) in [6.07, 6.45) is 5.97. The molecule has 104 valence electrons. The Morgan fingerprint density at radius 3 is 2.22 bits per heavy atom. The maximum Gasteiger partial charge on any atom is 0.240 e. The minimum absolute atomic E-state index is 0.0744. The topological polar surface area (TPSA) is 52.9 Å². The Kier molecular flexibility index (Phi) is 8.91. The molecule has 1 atom stereocenters. The Morgan fingerprint density at radius 1 is 1.33 bits per heavy atom. The molecule has 0 saturated carbocycles. The summed E-state index contributed by atoms with van der Waals surface area (Å²) in [5.74, 6) is 0.830. The first-order valence-corrected chi connectivity index (χ1v) is 8.20. The molecule has 0 spiro atoms. The third kappa shape index (κ3) is 4.89. The maximum atomic E-state index is 12.4. The largest absolute Gasteiger partial charge is 0.351 e. The Morgan fingerprint density at radius 2 is 1.89 bits per heavy atom. The van der Waals surface area contributed by atoms with Crippen molar-refractivity contribution in [2.75, 3.05) is 12.0 Å². The maximum absolute atomic E-state index is 12.4. The average molecular weight is 270 g/mol. The first-order valence-electron chi connectivity index (χ1n) is 6.81. The van der Waals surface area contributed by atoms with Gasteiger partial charge >= 0.3 is 0 Å². The minimum Gasteiger partial charge on any atom is -0.351 e. The second kappa shape index (κ2) is 9.27. The average Bonchev–Trinajstić information content (AvgIpc) is 2.37. The van der Waals surface area contributed by atoms with E-state index in [0.717, 1.165) is 25.0 Å². The molecule has 0 aromatic carbocycles. The Hall–Kier alpha value is -0.690. The SMILES string of the molecule is CCCC(C#N)(CCC)C(=O)NC(CC)CSC. The van der Waals surface area contributed by atoms with Crippen LogP contribution in [0.15, 0.2) is 0 Å². The summed E-state index contributed by atoms with van der Waals surface area (Å²) in [5.41, 5.74) is -0.824. The van der Waals surface area contributed by atoms with Crippen LogP contribution in [0.5, 0.6) is 0 Å². The minimum atomic E-state index is -0.824. The van der Waals surface area contributed by atoms with E-state index in [1.807, 2.05) is 20.1 Å². The molecule has 18 heavy (non-hydrogen) atoms. The molecule has 1 unspecified atom stereocenters. The molecule has 0 saturated heterocycles. The first kappa shape index (κ1) is 17.3. The van der Waals surface area contributed by atoms with Gasteiger partial charge in [-0.05, 0) is 25.5 Å². The molecule has 1 amide bonds. The fourth-order valence-corrected chi connectivity index (χ4v) is 2.88. The normalized spacial score (nSPS) is 12.8. The third-order valence-corrected chi connectivity index (χ3v) is 3.93. The summed E-state index contributed by atoms with van der Waals surface area (Å²) in [5, 5.41) is 12.5. The lowest BCUT2D eigenvalue weighted by Crippen LogP contribution is -2.45. The highest BCUT2D eigenvalue weighted by Crippen LogP contribution is 2.29. The third-order valence-electron chi connectivity index (χ3n) is 3.20. The highest BCUT2D eigenvalue weighted by Gasteiger charge is 2.37. The van der Waals surface area contributed by atoms with E-state index in [1.54, 1.807) is 11.8 Å². The zero-order chi connectivity index (χ0) is 14.0. The number of nitriles is 1. The quantitative estimate of drug-likeness (QED) is 0.699. The number of nitrogens with zero attached hydrogens (tertiary/aromatic N) is 1. The van der Waals surface area contributed by atoms with E-state index in [0.29, 0.717) is 12.8 Å². The first-order chi connectivity index (χ1) is 8.60. The molecule has 0 bridgehead atoms. The molecule has 1 N–H and O–H groups in total. The Balaban J connectivity index is 4.79. The van der Waals surface area contributed by atoms with Crippen molar-refractivity contribution >= 4 is 17.7 Å². The van der Waals surface area contributed by atoms with Gasteiger partial charge in [0, 0.05) is 11.8 Å². The molecule has 0 aliphatic heterocycles. The van der Waals surface area contributed by atoms with Gasteiger partial charge in [-0.25, -0.2) is 0 Å². The zero-order valence-electron chi connectivity index (χ0n) is 12.1. The molecule has 0 aliphatic carbocycles. The summed E-state index contributed by atoms with van der Waals surface area (Å²) in [7, 11) is 0. The highest BCUT2D eigenvalue weighted by molar-refractivity contribution is 7.98. The predicted octanol–water partition coefficient (Wildman–Crippen LogP) is 3.35. The monoisotopic (exact) mass is 270 g/mol. The highest BCUT2D eigenvalue weighted by atomic mass is 32.2. The van der Waals surface area contributed by atoms with Crippen molar-refractivity contribution in [1.29, 1.82) is 5.26 Å². The van der Waals surface area contributed by atoms with Crippen LogP contribution in [0, 0.1) is 16.7 Å². The van der Waals surface area contributed by atoms with Crippen LogP contribution in [-0.4, -0.2) is 24.0 Å². The van der Waals surface area contributed by atoms with Crippen LogP contribution in [0.1, 0.15) is 52.9 Å². The van der Waals surface area contributed by atoms with Crippen LogP contribution >= 0.6 is 11.8 Å². The van der Waals surface area contributed by atoms with Gasteiger partial charge in [0.15, 0.2) is 0 Å². The predicted molar refractivity (Wildman–Crippen MR) is 78.5 cm³/mol. The van der Waals surface area contributed by atoms with Crippen molar-refractivity contribution in [2.24, 2.45) is 5.41 Å². The molecule has 0 radical (unpaired) electrons. The van der Waals surface area contributed by atoms with Crippen molar-refractivity contribution in [3.63, 3.8) is 0 Å². The van der Waals surface area contributed by atoms with Crippen molar-refractivity contribution in [1.82, 2.24) is 5.32 Å². The lowest BCUT2D eigenvalue weighted by atomic mass is 9.79. The summed E-state index contributed by atoms with van der Waals surface area (Å²) in [6, 6.07) is 2.44. The molecule has 0 aromatic rings. The van der Waals surface area contributed by atoms with Gasteiger partial charge in [-0.15, -0.1) is 0 Å². The van der Waals surface area contributed by atoms with E-state index in [2.05, 4.69) is 18.3 Å². The number of hydrogen-bond donors (Lipinski definition) is 1. The van der Waals surface area contributed by atoms with Crippen LogP contribution in [0.2, 0.25) is 0 Å². The van der Waals surface area contributed by atoms with E-state index in [9.17, 15) is 10.1 Å². The molecular formula is C14H26N2OS. The zero-order valence-corrected chi connectivity index (χ0v) is 12.9. The van der Waals surface area contributed by atoms with Crippen molar-refractivity contribution < 1.29 is 4.79 Å². The van der Waals surface area contributed by atoms with Crippen molar-refractivity contribution in [3.05, 3.63) is 0 Å². The molecular weight excluding hydrogens is 244 g/mol. The number of carbonyl (C=O) groups excluding carboxylic acids is 1. The summed E-state index contributed by atoms with van der Waals surface area (Å²) >= 11 is 1.72. The van der Waals surface area contributed by atoms with E-state index < -0.39 is 5.41 Å². The van der Waals surface area contributed by atoms with Gasteiger partial charge in [0.1, 0.15) is 5.41 Å².